The van der Waals surface area contributed by atoms with Gasteiger partial charge in [-0.15, -0.1) is 0 Å². The number of rotatable bonds is 0. The lowest BCUT2D eigenvalue weighted by atomic mass is 9.91. The van der Waals surface area contributed by atoms with Gasteiger partial charge >= 0.3 is 0 Å². The van der Waals surface area contributed by atoms with Crippen LogP contribution in [-0.2, 0) is 4.74 Å². The summed E-state index contributed by atoms with van der Waals surface area (Å²) in [5.41, 5.74) is 0.250. The van der Waals surface area contributed by atoms with Crippen LogP contribution in [0.3, 0.4) is 0 Å². The van der Waals surface area contributed by atoms with Gasteiger partial charge < -0.3 is 10.1 Å². The highest BCUT2D eigenvalue weighted by atomic mass is 16.5. The topological polar surface area (TPSA) is 24.5 Å². The van der Waals surface area contributed by atoms with Gasteiger partial charge in [0.2, 0.25) is 0 Å². The normalized spacial score (nSPS) is 28.2. The summed E-state index contributed by atoms with van der Waals surface area (Å²) in [7, 11) is 0. The maximum atomic E-state index is 6.13. The van der Waals surface area contributed by atoms with Crippen molar-refractivity contribution >= 4 is 0 Å². The highest BCUT2D eigenvalue weighted by Crippen LogP contribution is 2.36. The highest BCUT2D eigenvalue weighted by molar-refractivity contribution is 4.94. The van der Waals surface area contributed by atoms with E-state index in [1.165, 1.54) is 13.0 Å². The lowest BCUT2D eigenvalue weighted by Gasteiger charge is -2.54. The van der Waals surface area contributed by atoms with Gasteiger partial charge in [-0.1, -0.05) is 0 Å². The number of ether oxygens (including phenoxy) is 1. The van der Waals surface area contributed by atoms with E-state index in [0.29, 0.717) is 0 Å². The Morgan fingerprint density at radius 2 is 1.87 bits per heavy atom. The zero-order valence-corrected chi connectivity index (χ0v) is 10.3. The van der Waals surface area contributed by atoms with Crippen molar-refractivity contribution in [1.82, 2.24) is 10.2 Å². The maximum Gasteiger partial charge on any atom is 0.124 e. The fourth-order valence-electron chi connectivity index (χ4n) is 2.94. The van der Waals surface area contributed by atoms with Crippen LogP contribution in [0.2, 0.25) is 0 Å². The van der Waals surface area contributed by atoms with Crippen molar-refractivity contribution in [3.63, 3.8) is 0 Å². The van der Waals surface area contributed by atoms with Gasteiger partial charge in [-0.2, -0.15) is 0 Å². The average molecular weight is 212 g/mol. The largest absolute Gasteiger partial charge is 0.360 e. The molecule has 1 spiro atoms. The number of nitrogens with zero attached hydrogens (tertiary/aromatic N) is 1. The van der Waals surface area contributed by atoms with Crippen molar-refractivity contribution in [2.75, 3.05) is 26.2 Å². The summed E-state index contributed by atoms with van der Waals surface area (Å²) < 4.78 is 6.13. The summed E-state index contributed by atoms with van der Waals surface area (Å²) in [6.45, 7) is 11.2. The predicted octanol–water partition coefficient (Wildman–Crippen LogP) is 1.59. The van der Waals surface area contributed by atoms with Crippen molar-refractivity contribution in [2.24, 2.45) is 0 Å². The van der Waals surface area contributed by atoms with Crippen molar-refractivity contribution in [3.8, 4) is 0 Å². The van der Waals surface area contributed by atoms with Crippen LogP contribution in [0, 0.1) is 0 Å². The summed E-state index contributed by atoms with van der Waals surface area (Å²) in [5.74, 6) is 0. The summed E-state index contributed by atoms with van der Waals surface area (Å²) in [6.07, 6.45) is 3.43. The zero-order chi connectivity index (χ0) is 10.9. The van der Waals surface area contributed by atoms with E-state index in [4.69, 9.17) is 4.74 Å². The standard InChI is InChI=1S/C12H24N2O/c1-11(2,3)14-9-4-10-15-12(14)5-7-13-8-6-12/h13H,4-10H2,1-3H3. The third-order valence-corrected chi connectivity index (χ3v) is 3.58. The Balaban J connectivity index is 2.17. The monoisotopic (exact) mass is 212 g/mol. The van der Waals surface area contributed by atoms with E-state index >= 15 is 0 Å². The maximum absolute atomic E-state index is 6.13. The summed E-state index contributed by atoms with van der Waals surface area (Å²) in [6, 6.07) is 0. The Morgan fingerprint density at radius 3 is 2.47 bits per heavy atom. The third kappa shape index (κ3) is 2.19. The number of hydrogen-bond donors (Lipinski definition) is 1. The van der Waals surface area contributed by atoms with Crippen molar-refractivity contribution in [3.05, 3.63) is 0 Å². The molecular weight excluding hydrogens is 188 g/mol. The molecule has 15 heavy (non-hydrogen) atoms. The molecule has 0 atom stereocenters. The van der Waals surface area contributed by atoms with Crippen molar-refractivity contribution in [2.45, 2.75) is 51.3 Å². The van der Waals surface area contributed by atoms with Gasteiger partial charge in [0, 0.05) is 24.9 Å². The van der Waals surface area contributed by atoms with Crippen LogP contribution in [0.4, 0.5) is 0 Å². The van der Waals surface area contributed by atoms with Crippen molar-refractivity contribution < 1.29 is 4.74 Å². The molecule has 3 nitrogen and oxygen atoms in total. The SMILES string of the molecule is CC(C)(C)N1CCCOC12CCNCC2. The molecule has 2 aliphatic rings. The molecule has 0 unspecified atom stereocenters. The average Bonchev–Trinajstić information content (AvgIpc) is 2.18. The van der Waals surface area contributed by atoms with Crippen LogP contribution in [-0.4, -0.2) is 42.4 Å². The molecule has 0 amide bonds. The molecule has 1 N–H and O–H groups in total. The Kier molecular flexibility index (Phi) is 3.06. The lowest BCUT2D eigenvalue weighted by Crippen LogP contribution is -2.64. The van der Waals surface area contributed by atoms with E-state index < -0.39 is 0 Å². The van der Waals surface area contributed by atoms with Gasteiger partial charge in [-0.25, -0.2) is 0 Å². The molecule has 0 radical (unpaired) electrons. The molecule has 2 rings (SSSR count). The summed E-state index contributed by atoms with van der Waals surface area (Å²) in [4.78, 5) is 2.57. The van der Waals surface area contributed by atoms with Gasteiger partial charge in [0.25, 0.3) is 0 Å². The molecule has 2 aliphatic heterocycles. The summed E-state index contributed by atoms with van der Waals surface area (Å²) >= 11 is 0. The first kappa shape index (κ1) is 11.4. The molecule has 0 bridgehead atoms. The Morgan fingerprint density at radius 1 is 1.20 bits per heavy atom. The molecule has 0 aliphatic carbocycles. The van der Waals surface area contributed by atoms with E-state index in [1.54, 1.807) is 0 Å². The van der Waals surface area contributed by atoms with Crippen LogP contribution in [0.5, 0.6) is 0 Å². The molecule has 0 aromatic rings. The molecule has 2 heterocycles. The number of piperidine rings is 1. The van der Waals surface area contributed by atoms with E-state index in [9.17, 15) is 0 Å². The van der Waals surface area contributed by atoms with E-state index in [1.807, 2.05) is 0 Å². The Labute approximate surface area is 93.2 Å². The van der Waals surface area contributed by atoms with Gasteiger partial charge in [-0.3, -0.25) is 4.90 Å². The first-order chi connectivity index (χ1) is 7.05. The van der Waals surface area contributed by atoms with Crippen LogP contribution >= 0.6 is 0 Å². The second-order valence-corrected chi connectivity index (χ2v) is 5.72. The Bertz CT molecular complexity index is 208. The molecule has 2 saturated heterocycles. The Hall–Kier alpha value is -0.120. The smallest absolute Gasteiger partial charge is 0.124 e. The minimum absolute atomic E-state index is 0.0295. The molecule has 0 aromatic heterocycles. The van der Waals surface area contributed by atoms with Gasteiger partial charge in [0.05, 0.1) is 6.61 Å². The second kappa shape index (κ2) is 4.04. The molecule has 2 fully saturated rings. The van der Waals surface area contributed by atoms with E-state index in [2.05, 4.69) is 31.0 Å². The van der Waals surface area contributed by atoms with Crippen LogP contribution in [0.15, 0.2) is 0 Å². The molecule has 3 heteroatoms. The predicted molar refractivity (Wildman–Crippen MR) is 61.9 cm³/mol. The number of hydrogen-bond acceptors (Lipinski definition) is 3. The number of nitrogens with one attached hydrogen (secondary N) is 1. The molecule has 0 aromatic carbocycles. The van der Waals surface area contributed by atoms with Gasteiger partial charge in [0.15, 0.2) is 0 Å². The first-order valence-corrected chi connectivity index (χ1v) is 6.17. The fourth-order valence-corrected chi connectivity index (χ4v) is 2.94. The zero-order valence-electron chi connectivity index (χ0n) is 10.3. The molecule has 0 saturated carbocycles. The van der Waals surface area contributed by atoms with E-state index in [0.717, 1.165) is 32.5 Å². The fraction of sp³-hybridized carbons (Fsp3) is 1.00. The van der Waals surface area contributed by atoms with Gasteiger partial charge in [0.1, 0.15) is 5.72 Å². The minimum atomic E-state index is 0.0295. The van der Waals surface area contributed by atoms with Gasteiger partial charge in [-0.05, 0) is 40.3 Å². The van der Waals surface area contributed by atoms with Crippen LogP contribution < -0.4 is 5.32 Å². The van der Waals surface area contributed by atoms with Crippen LogP contribution in [0.1, 0.15) is 40.0 Å². The summed E-state index contributed by atoms with van der Waals surface area (Å²) in [5, 5.41) is 3.42. The van der Waals surface area contributed by atoms with Crippen molar-refractivity contribution in [1.29, 1.82) is 0 Å². The minimum Gasteiger partial charge on any atom is -0.360 e. The molecular formula is C12H24N2O. The third-order valence-electron chi connectivity index (χ3n) is 3.58. The quantitative estimate of drug-likeness (QED) is 0.660. The second-order valence-electron chi connectivity index (χ2n) is 5.72. The lowest BCUT2D eigenvalue weighted by molar-refractivity contribution is -0.225. The highest BCUT2D eigenvalue weighted by Gasteiger charge is 2.45. The van der Waals surface area contributed by atoms with E-state index in [-0.39, 0.29) is 11.3 Å². The molecule has 88 valence electrons. The van der Waals surface area contributed by atoms with Crippen LogP contribution in [0.25, 0.3) is 0 Å². The first-order valence-electron chi connectivity index (χ1n) is 6.17.